The minimum atomic E-state index is -0.362. The van der Waals surface area contributed by atoms with Crippen molar-refractivity contribution in [3.05, 3.63) is 71.0 Å². The van der Waals surface area contributed by atoms with Crippen LogP contribution in [0.2, 0.25) is 0 Å². The van der Waals surface area contributed by atoms with Crippen LogP contribution < -0.4 is 10.1 Å². The van der Waals surface area contributed by atoms with Crippen LogP contribution in [0.5, 0.6) is 5.75 Å². The van der Waals surface area contributed by atoms with E-state index in [1.807, 2.05) is 51.4 Å². The van der Waals surface area contributed by atoms with Crippen molar-refractivity contribution in [1.29, 1.82) is 0 Å². The topological polar surface area (TPSA) is 41.6 Å². The molecule has 0 spiro atoms. The van der Waals surface area contributed by atoms with Crippen LogP contribution in [-0.2, 0) is 4.79 Å². The highest BCUT2D eigenvalue weighted by Crippen LogP contribution is 2.41. The first-order chi connectivity index (χ1) is 14.4. The fourth-order valence-corrected chi connectivity index (χ4v) is 3.89. The van der Waals surface area contributed by atoms with Crippen LogP contribution in [0.3, 0.4) is 0 Å². The summed E-state index contributed by atoms with van der Waals surface area (Å²) in [7, 11) is 4.09. The van der Waals surface area contributed by atoms with E-state index < -0.39 is 0 Å². The largest absolute Gasteiger partial charge is 0.493 e. The number of hydrogen-bond donors (Lipinski definition) is 1. The second kappa shape index (κ2) is 8.28. The Morgan fingerprint density at radius 3 is 2.70 bits per heavy atom. The molecule has 0 saturated heterocycles. The highest BCUT2D eigenvalue weighted by molar-refractivity contribution is 6.35. The third-order valence-corrected chi connectivity index (χ3v) is 5.29. The zero-order chi connectivity index (χ0) is 21.3. The number of nitrogens with zero attached hydrogens (tertiary/aromatic N) is 1. The van der Waals surface area contributed by atoms with E-state index in [4.69, 9.17) is 4.74 Å². The standard InChI is InChI=1S/C25H25FN2O2/c1-16-13-17(14-21-20-15-18(26)9-10-22(20)27-25(21)29)19-7-4-5-8-23(24(16)19)30-12-6-11-28(2)3/h4-5,7-10,13-15H,6,11-12H2,1-3H3,(H,27,29). The summed E-state index contributed by atoms with van der Waals surface area (Å²) in [6.07, 6.45) is 2.78. The molecular formula is C25H25FN2O2. The molecule has 0 radical (unpaired) electrons. The molecular weight excluding hydrogens is 379 g/mol. The number of aryl methyl sites for hydroxylation is 1. The van der Waals surface area contributed by atoms with Crippen LogP contribution in [-0.4, -0.2) is 38.1 Å². The van der Waals surface area contributed by atoms with Crippen molar-refractivity contribution in [2.45, 2.75) is 13.3 Å². The van der Waals surface area contributed by atoms with Gasteiger partial charge < -0.3 is 15.0 Å². The van der Waals surface area contributed by atoms with Gasteiger partial charge in [0.2, 0.25) is 0 Å². The van der Waals surface area contributed by atoms with E-state index in [0.717, 1.165) is 41.0 Å². The summed E-state index contributed by atoms with van der Waals surface area (Å²) in [5.41, 5.74) is 5.73. The van der Waals surface area contributed by atoms with E-state index in [2.05, 4.69) is 16.3 Å². The molecule has 2 aliphatic carbocycles. The smallest absolute Gasteiger partial charge is 0.256 e. The highest BCUT2D eigenvalue weighted by atomic mass is 19.1. The Hall–Kier alpha value is -3.18. The number of carbonyl (C=O) groups is 1. The summed E-state index contributed by atoms with van der Waals surface area (Å²) in [6.45, 7) is 3.64. The van der Waals surface area contributed by atoms with E-state index in [1.165, 1.54) is 12.1 Å². The molecule has 4 rings (SSSR count). The second-order valence-corrected chi connectivity index (χ2v) is 7.86. The van der Waals surface area contributed by atoms with Gasteiger partial charge in [0.05, 0.1) is 6.61 Å². The van der Waals surface area contributed by atoms with Crippen molar-refractivity contribution >= 4 is 23.2 Å². The summed E-state index contributed by atoms with van der Waals surface area (Å²) in [5, 5.41) is 2.81. The highest BCUT2D eigenvalue weighted by Gasteiger charge is 2.26. The summed E-state index contributed by atoms with van der Waals surface area (Å²) in [4.78, 5) is 14.7. The lowest BCUT2D eigenvalue weighted by atomic mass is 10.0. The van der Waals surface area contributed by atoms with Crippen molar-refractivity contribution < 1.29 is 13.9 Å². The lowest BCUT2D eigenvalue weighted by Crippen LogP contribution is -2.15. The van der Waals surface area contributed by atoms with Crippen molar-refractivity contribution in [3.8, 4) is 16.9 Å². The van der Waals surface area contributed by atoms with Gasteiger partial charge in [-0.05, 0) is 74.5 Å². The molecule has 4 nitrogen and oxygen atoms in total. The maximum absolute atomic E-state index is 13.8. The van der Waals surface area contributed by atoms with Crippen LogP contribution in [0.4, 0.5) is 10.1 Å². The number of ether oxygens (including phenoxy) is 1. The molecule has 0 unspecified atom stereocenters. The molecule has 0 bridgehead atoms. The van der Waals surface area contributed by atoms with Gasteiger partial charge in [0.1, 0.15) is 11.6 Å². The molecule has 154 valence electrons. The zero-order valence-electron chi connectivity index (χ0n) is 17.5. The number of amides is 1. The molecule has 1 heterocycles. The summed E-state index contributed by atoms with van der Waals surface area (Å²) < 4.78 is 19.9. The molecule has 3 aliphatic rings. The van der Waals surface area contributed by atoms with Crippen molar-refractivity contribution in [1.82, 2.24) is 4.90 Å². The first-order valence-electron chi connectivity index (χ1n) is 10.1. The monoisotopic (exact) mass is 404 g/mol. The van der Waals surface area contributed by atoms with Gasteiger partial charge in [-0.25, -0.2) is 4.39 Å². The minimum Gasteiger partial charge on any atom is -0.493 e. The Morgan fingerprint density at radius 1 is 1.10 bits per heavy atom. The summed E-state index contributed by atoms with van der Waals surface area (Å²) >= 11 is 0. The van der Waals surface area contributed by atoms with E-state index in [-0.39, 0.29) is 11.7 Å². The first-order valence-corrected chi connectivity index (χ1v) is 10.1. The van der Waals surface area contributed by atoms with Gasteiger partial charge in [-0.2, -0.15) is 0 Å². The van der Waals surface area contributed by atoms with E-state index >= 15 is 0 Å². The van der Waals surface area contributed by atoms with Crippen molar-refractivity contribution in [3.63, 3.8) is 0 Å². The Kier molecular flexibility index (Phi) is 5.55. The van der Waals surface area contributed by atoms with Gasteiger partial charge >= 0.3 is 0 Å². The molecule has 0 atom stereocenters. The summed E-state index contributed by atoms with van der Waals surface area (Å²) in [5.74, 6) is 0.251. The fraction of sp³-hybridized carbons (Fsp3) is 0.240. The summed E-state index contributed by atoms with van der Waals surface area (Å²) in [6, 6.07) is 14.3. The number of carbonyl (C=O) groups excluding carboxylic acids is 1. The minimum absolute atomic E-state index is 0.219. The number of rotatable bonds is 6. The average Bonchev–Trinajstić information content (AvgIpc) is 3.06. The predicted molar refractivity (Wildman–Crippen MR) is 119 cm³/mol. The SMILES string of the molecule is Cc1cc(C=C2C(=O)Nc3ccc(F)cc32)c2ccccc(OCCCN(C)C)c1-2. The van der Waals surface area contributed by atoms with Crippen LogP contribution in [0.1, 0.15) is 23.1 Å². The first kappa shape index (κ1) is 20.1. The van der Waals surface area contributed by atoms with Crippen LogP contribution in [0.15, 0.2) is 48.5 Å². The van der Waals surface area contributed by atoms with Gasteiger partial charge in [-0.15, -0.1) is 0 Å². The van der Waals surface area contributed by atoms with E-state index in [1.54, 1.807) is 6.07 Å². The Morgan fingerprint density at radius 2 is 1.90 bits per heavy atom. The zero-order valence-corrected chi connectivity index (χ0v) is 17.5. The molecule has 0 aromatic heterocycles. The fourth-order valence-electron chi connectivity index (χ4n) is 3.89. The van der Waals surface area contributed by atoms with E-state index in [0.29, 0.717) is 23.4 Å². The number of halogens is 1. The van der Waals surface area contributed by atoms with Crippen LogP contribution in [0.25, 0.3) is 22.8 Å². The van der Waals surface area contributed by atoms with Gasteiger partial charge in [0.15, 0.2) is 0 Å². The number of nitrogens with one attached hydrogen (secondary N) is 1. The number of benzene rings is 1. The molecule has 5 heteroatoms. The lowest BCUT2D eigenvalue weighted by molar-refractivity contribution is -0.110. The van der Waals surface area contributed by atoms with Crippen molar-refractivity contribution in [2.75, 3.05) is 32.6 Å². The number of hydrogen-bond acceptors (Lipinski definition) is 3. The van der Waals surface area contributed by atoms with Gasteiger partial charge in [0, 0.05) is 28.9 Å². The molecule has 1 amide bonds. The van der Waals surface area contributed by atoms with Crippen LogP contribution >= 0.6 is 0 Å². The molecule has 0 fully saturated rings. The maximum atomic E-state index is 13.8. The molecule has 0 saturated carbocycles. The molecule has 1 aliphatic heterocycles. The van der Waals surface area contributed by atoms with Gasteiger partial charge in [0.25, 0.3) is 5.91 Å². The van der Waals surface area contributed by atoms with Crippen molar-refractivity contribution in [2.24, 2.45) is 0 Å². The molecule has 1 aromatic carbocycles. The van der Waals surface area contributed by atoms with E-state index in [9.17, 15) is 9.18 Å². The predicted octanol–water partition coefficient (Wildman–Crippen LogP) is 5.06. The Balaban J connectivity index is 1.70. The van der Waals surface area contributed by atoms with Gasteiger partial charge in [-0.1, -0.05) is 24.3 Å². The van der Waals surface area contributed by atoms with Crippen LogP contribution in [0, 0.1) is 12.7 Å². The number of fused-ring (bicyclic) bond motifs is 2. The third kappa shape index (κ3) is 3.94. The number of anilines is 1. The second-order valence-electron chi connectivity index (χ2n) is 7.86. The Bertz CT molecular complexity index is 1100. The maximum Gasteiger partial charge on any atom is 0.256 e. The Labute approximate surface area is 176 Å². The quantitative estimate of drug-likeness (QED) is 0.461. The normalized spacial score (nSPS) is 14.4. The molecule has 30 heavy (non-hydrogen) atoms. The van der Waals surface area contributed by atoms with Gasteiger partial charge in [-0.3, -0.25) is 4.79 Å². The molecule has 1 aromatic rings. The lowest BCUT2D eigenvalue weighted by Gasteiger charge is -2.12. The third-order valence-electron chi connectivity index (χ3n) is 5.29. The average molecular weight is 404 g/mol. The molecule has 1 N–H and O–H groups in total.